The van der Waals surface area contributed by atoms with E-state index in [0.717, 1.165) is 16.5 Å². The fourth-order valence-electron chi connectivity index (χ4n) is 2.22. The zero-order chi connectivity index (χ0) is 15.1. The average molecular weight is 284 g/mol. The highest BCUT2D eigenvalue weighted by Crippen LogP contribution is 2.15. The Morgan fingerprint density at radius 3 is 2.90 bits per heavy atom. The minimum absolute atomic E-state index is 0.258. The van der Waals surface area contributed by atoms with E-state index in [1.165, 1.54) is 7.11 Å². The van der Waals surface area contributed by atoms with Crippen LogP contribution in [0.2, 0.25) is 0 Å². The summed E-state index contributed by atoms with van der Waals surface area (Å²) in [6.45, 7) is 3.28. The van der Waals surface area contributed by atoms with Crippen molar-refractivity contribution >= 4 is 16.9 Å². The highest BCUT2D eigenvalue weighted by atomic mass is 16.5. The van der Waals surface area contributed by atoms with Crippen molar-refractivity contribution in [1.29, 1.82) is 0 Å². The number of benzene rings is 1. The van der Waals surface area contributed by atoms with Gasteiger partial charge in [0, 0.05) is 30.2 Å². The normalized spacial score (nSPS) is 11.6. The Labute approximate surface area is 124 Å². The second-order valence-corrected chi connectivity index (χ2v) is 4.70. The van der Waals surface area contributed by atoms with Gasteiger partial charge in [0.15, 0.2) is 0 Å². The lowest BCUT2D eigenvalue weighted by atomic mass is 10.1. The molecule has 0 saturated carbocycles. The first-order chi connectivity index (χ1) is 10.3. The second kappa shape index (κ2) is 7.55. The molecule has 0 aliphatic carbocycles. The number of nitrogens with zero attached hydrogens (tertiary/aromatic N) is 1. The molecule has 1 aromatic heterocycles. The van der Waals surface area contributed by atoms with Gasteiger partial charge in [0.2, 0.25) is 0 Å². The lowest BCUT2D eigenvalue weighted by Crippen LogP contribution is -2.15. The minimum Gasteiger partial charge on any atom is -0.466 e. The summed E-state index contributed by atoms with van der Waals surface area (Å²) in [7, 11) is 1.40. The van der Waals surface area contributed by atoms with Crippen LogP contribution < -0.4 is 5.32 Å². The van der Waals surface area contributed by atoms with Crippen molar-refractivity contribution in [3.63, 3.8) is 0 Å². The standard InChI is InChI=1S/C17H20N2O2/c1-3-13(17(20)21-2)9-11-18-12-15-7-4-6-14-8-5-10-19-16(14)15/h4-10,18H,3,11-12H2,1-2H3/b13-9-. The number of methoxy groups -OCH3 is 1. The van der Waals surface area contributed by atoms with Crippen LogP contribution >= 0.6 is 0 Å². The number of hydrogen-bond donors (Lipinski definition) is 1. The lowest BCUT2D eigenvalue weighted by molar-refractivity contribution is -0.136. The molecular weight excluding hydrogens is 264 g/mol. The van der Waals surface area contributed by atoms with E-state index in [1.54, 1.807) is 6.20 Å². The Morgan fingerprint density at radius 2 is 2.14 bits per heavy atom. The molecule has 1 aromatic carbocycles. The third kappa shape index (κ3) is 3.89. The van der Waals surface area contributed by atoms with Gasteiger partial charge in [-0.2, -0.15) is 0 Å². The quantitative estimate of drug-likeness (QED) is 0.503. The summed E-state index contributed by atoms with van der Waals surface area (Å²) in [4.78, 5) is 15.9. The number of esters is 1. The molecule has 0 unspecified atom stereocenters. The van der Waals surface area contributed by atoms with Crippen molar-refractivity contribution < 1.29 is 9.53 Å². The van der Waals surface area contributed by atoms with E-state index in [2.05, 4.69) is 28.5 Å². The third-order valence-corrected chi connectivity index (χ3v) is 3.35. The van der Waals surface area contributed by atoms with Crippen LogP contribution in [0.15, 0.2) is 48.2 Å². The molecule has 0 amide bonds. The Hall–Kier alpha value is -2.20. The Kier molecular flexibility index (Phi) is 5.46. The molecule has 0 saturated heterocycles. The lowest BCUT2D eigenvalue weighted by Gasteiger charge is -2.07. The van der Waals surface area contributed by atoms with Crippen LogP contribution in [0.5, 0.6) is 0 Å². The van der Waals surface area contributed by atoms with Crippen molar-refractivity contribution in [2.45, 2.75) is 19.9 Å². The molecule has 0 atom stereocenters. The molecule has 4 nitrogen and oxygen atoms in total. The molecule has 1 heterocycles. The maximum absolute atomic E-state index is 11.5. The smallest absolute Gasteiger partial charge is 0.333 e. The van der Waals surface area contributed by atoms with Gasteiger partial charge in [0.25, 0.3) is 0 Å². The SMILES string of the molecule is CC/C(=C/CNCc1cccc2cccnc12)C(=O)OC. The Bertz CT molecular complexity index is 645. The molecule has 2 aromatic rings. The first-order valence-electron chi connectivity index (χ1n) is 7.07. The highest BCUT2D eigenvalue weighted by molar-refractivity contribution is 5.88. The van der Waals surface area contributed by atoms with E-state index in [1.807, 2.05) is 25.1 Å². The second-order valence-electron chi connectivity index (χ2n) is 4.70. The summed E-state index contributed by atoms with van der Waals surface area (Å²) in [5.74, 6) is -0.258. The Morgan fingerprint density at radius 1 is 1.33 bits per heavy atom. The maximum atomic E-state index is 11.5. The van der Waals surface area contributed by atoms with Gasteiger partial charge < -0.3 is 10.1 Å². The van der Waals surface area contributed by atoms with E-state index in [9.17, 15) is 4.79 Å². The van der Waals surface area contributed by atoms with Gasteiger partial charge in [0.05, 0.1) is 12.6 Å². The van der Waals surface area contributed by atoms with E-state index in [0.29, 0.717) is 25.1 Å². The number of rotatable bonds is 6. The van der Waals surface area contributed by atoms with Crippen molar-refractivity contribution in [3.05, 3.63) is 53.7 Å². The van der Waals surface area contributed by atoms with Crippen LogP contribution in [-0.2, 0) is 16.1 Å². The molecule has 0 spiro atoms. The van der Waals surface area contributed by atoms with Crippen LogP contribution in [-0.4, -0.2) is 24.6 Å². The van der Waals surface area contributed by atoms with Gasteiger partial charge in [-0.1, -0.05) is 37.3 Å². The zero-order valence-electron chi connectivity index (χ0n) is 12.4. The number of pyridine rings is 1. The average Bonchev–Trinajstić information content (AvgIpc) is 2.54. The van der Waals surface area contributed by atoms with Crippen LogP contribution in [0.1, 0.15) is 18.9 Å². The fourth-order valence-corrected chi connectivity index (χ4v) is 2.22. The van der Waals surface area contributed by atoms with Crippen LogP contribution in [0.4, 0.5) is 0 Å². The van der Waals surface area contributed by atoms with Crippen molar-refractivity contribution in [3.8, 4) is 0 Å². The predicted octanol–water partition coefficient (Wildman–Crippen LogP) is 2.83. The van der Waals surface area contributed by atoms with Crippen molar-refractivity contribution in [2.24, 2.45) is 0 Å². The monoisotopic (exact) mass is 284 g/mol. The highest BCUT2D eigenvalue weighted by Gasteiger charge is 2.06. The summed E-state index contributed by atoms with van der Waals surface area (Å²) < 4.78 is 4.73. The first kappa shape index (κ1) is 15.2. The summed E-state index contributed by atoms with van der Waals surface area (Å²) in [6.07, 6.45) is 4.35. The summed E-state index contributed by atoms with van der Waals surface area (Å²) >= 11 is 0. The number of aromatic nitrogens is 1. The van der Waals surface area contributed by atoms with Gasteiger partial charge in [0.1, 0.15) is 0 Å². The van der Waals surface area contributed by atoms with Gasteiger partial charge in [-0.3, -0.25) is 4.98 Å². The number of carbonyl (C=O) groups excluding carboxylic acids is 1. The molecule has 110 valence electrons. The molecule has 2 rings (SSSR count). The van der Waals surface area contributed by atoms with Crippen LogP contribution in [0, 0.1) is 0 Å². The van der Waals surface area contributed by atoms with Gasteiger partial charge in [-0.05, 0) is 18.1 Å². The van der Waals surface area contributed by atoms with Crippen molar-refractivity contribution in [2.75, 3.05) is 13.7 Å². The molecule has 0 bridgehead atoms. The molecule has 1 N–H and O–H groups in total. The minimum atomic E-state index is -0.258. The summed E-state index contributed by atoms with van der Waals surface area (Å²) in [6, 6.07) is 10.1. The molecule has 0 radical (unpaired) electrons. The number of fused-ring (bicyclic) bond motifs is 1. The van der Waals surface area contributed by atoms with Gasteiger partial charge >= 0.3 is 5.97 Å². The maximum Gasteiger partial charge on any atom is 0.333 e. The number of nitrogens with one attached hydrogen (secondary N) is 1. The fraction of sp³-hybridized carbons (Fsp3) is 0.294. The van der Waals surface area contributed by atoms with Crippen molar-refractivity contribution in [1.82, 2.24) is 10.3 Å². The molecule has 0 fully saturated rings. The molecule has 0 aliphatic rings. The van der Waals surface area contributed by atoms with E-state index >= 15 is 0 Å². The Balaban J connectivity index is 1.99. The topological polar surface area (TPSA) is 51.2 Å². The van der Waals surface area contributed by atoms with Gasteiger partial charge in [-0.25, -0.2) is 4.79 Å². The number of carbonyl (C=O) groups is 1. The van der Waals surface area contributed by atoms with E-state index in [-0.39, 0.29) is 5.97 Å². The van der Waals surface area contributed by atoms with Gasteiger partial charge in [-0.15, -0.1) is 0 Å². The number of para-hydroxylation sites is 1. The van der Waals surface area contributed by atoms with E-state index < -0.39 is 0 Å². The predicted molar refractivity (Wildman–Crippen MR) is 83.8 cm³/mol. The largest absolute Gasteiger partial charge is 0.466 e. The molecule has 0 aliphatic heterocycles. The number of ether oxygens (including phenoxy) is 1. The van der Waals surface area contributed by atoms with Crippen LogP contribution in [0.3, 0.4) is 0 Å². The summed E-state index contributed by atoms with van der Waals surface area (Å²) in [5, 5.41) is 4.45. The molecule has 4 heteroatoms. The number of hydrogen-bond acceptors (Lipinski definition) is 4. The molecule has 21 heavy (non-hydrogen) atoms. The third-order valence-electron chi connectivity index (χ3n) is 3.35. The first-order valence-corrected chi connectivity index (χ1v) is 7.07. The zero-order valence-corrected chi connectivity index (χ0v) is 12.4. The summed E-state index contributed by atoms with van der Waals surface area (Å²) in [5.41, 5.74) is 2.86. The molecular formula is C17H20N2O2. The van der Waals surface area contributed by atoms with Crippen LogP contribution in [0.25, 0.3) is 10.9 Å². The van der Waals surface area contributed by atoms with E-state index in [4.69, 9.17) is 4.74 Å².